The van der Waals surface area contributed by atoms with E-state index in [0.717, 1.165) is 5.56 Å². The standard InChI is InChI=1S/C14H12O3.Fe/c15-12-3-1-2-10(8-12)4-5-11-6-7-13(16)9-14(11)17;/h1-9,15-17H;. The van der Waals surface area contributed by atoms with Crippen molar-refractivity contribution in [2.75, 3.05) is 0 Å². The molecule has 0 atom stereocenters. The molecule has 0 saturated carbocycles. The summed E-state index contributed by atoms with van der Waals surface area (Å²) in [6.45, 7) is 0. The molecule has 18 heavy (non-hydrogen) atoms. The molecule has 0 heterocycles. The van der Waals surface area contributed by atoms with Gasteiger partial charge in [0.2, 0.25) is 0 Å². The average molecular weight is 284 g/mol. The van der Waals surface area contributed by atoms with E-state index in [1.54, 1.807) is 36.4 Å². The largest absolute Gasteiger partial charge is 0.508 e. The summed E-state index contributed by atoms with van der Waals surface area (Å²) in [5, 5.41) is 28.0. The third kappa shape index (κ3) is 3.55. The molecule has 0 aromatic heterocycles. The van der Waals surface area contributed by atoms with Gasteiger partial charge in [-0.15, -0.1) is 0 Å². The fourth-order valence-electron chi connectivity index (χ4n) is 1.49. The van der Waals surface area contributed by atoms with Crippen LogP contribution in [0.1, 0.15) is 11.1 Å². The zero-order valence-electron chi connectivity index (χ0n) is 9.39. The maximum Gasteiger partial charge on any atom is 0.126 e. The summed E-state index contributed by atoms with van der Waals surface area (Å²) >= 11 is 0. The van der Waals surface area contributed by atoms with Crippen molar-refractivity contribution in [2.45, 2.75) is 0 Å². The molecular formula is C14H12FeO3. The molecule has 0 saturated heterocycles. The van der Waals surface area contributed by atoms with Crippen molar-refractivity contribution >= 4 is 12.2 Å². The van der Waals surface area contributed by atoms with Crippen molar-refractivity contribution in [3.63, 3.8) is 0 Å². The molecule has 0 radical (unpaired) electrons. The number of hydrogen-bond donors (Lipinski definition) is 3. The Hall–Kier alpha value is -1.90. The fraction of sp³-hybridized carbons (Fsp3) is 0. The van der Waals surface area contributed by atoms with E-state index >= 15 is 0 Å². The number of phenols is 3. The van der Waals surface area contributed by atoms with Crippen LogP contribution in [-0.2, 0) is 17.1 Å². The zero-order chi connectivity index (χ0) is 12.3. The van der Waals surface area contributed by atoms with E-state index in [4.69, 9.17) is 5.11 Å². The molecule has 0 unspecified atom stereocenters. The molecular weight excluding hydrogens is 272 g/mol. The van der Waals surface area contributed by atoms with Crippen molar-refractivity contribution in [2.24, 2.45) is 0 Å². The van der Waals surface area contributed by atoms with Crippen molar-refractivity contribution in [1.29, 1.82) is 0 Å². The summed E-state index contributed by atoms with van der Waals surface area (Å²) in [6.07, 6.45) is 3.48. The number of rotatable bonds is 2. The monoisotopic (exact) mass is 284 g/mol. The second kappa shape index (κ2) is 6.15. The van der Waals surface area contributed by atoms with Crippen molar-refractivity contribution in [3.05, 3.63) is 53.6 Å². The molecule has 2 aromatic carbocycles. The van der Waals surface area contributed by atoms with Gasteiger partial charge in [0, 0.05) is 28.7 Å². The van der Waals surface area contributed by atoms with E-state index in [1.807, 2.05) is 6.07 Å². The predicted molar refractivity (Wildman–Crippen MR) is 66.8 cm³/mol. The quantitative estimate of drug-likeness (QED) is 0.587. The number of phenolic OH excluding ortho intramolecular Hbond substituents is 3. The molecule has 2 aromatic rings. The summed E-state index contributed by atoms with van der Waals surface area (Å²) in [6, 6.07) is 11.2. The smallest absolute Gasteiger partial charge is 0.126 e. The van der Waals surface area contributed by atoms with Gasteiger partial charge in [0.1, 0.15) is 17.2 Å². The SMILES string of the molecule is Oc1cccc(C=Cc2ccc(O)cc2O)c1.[Fe]. The van der Waals surface area contributed by atoms with E-state index in [0.29, 0.717) is 5.56 Å². The van der Waals surface area contributed by atoms with Gasteiger partial charge in [0.25, 0.3) is 0 Å². The van der Waals surface area contributed by atoms with Gasteiger partial charge in [0.05, 0.1) is 0 Å². The first kappa shape index (κ1) is 14.2. The topological polar surface area (TPSA) is 60.7 Å². The van der Waals surface area contributed by atoms with Crippen molar-refractivity contribution in [3.8, 4) is 17.2 Å². The second-order valence-electron chi connectivity index (χ2n) is 3.67. The molecule has 0 aliphatic heterocycles. The Morgan fingerprint density at radius 2 is 1.50 bits per heavy atom. The summed E-state index contributed by atoms with van der Waals surface area (Å²) in [5.41, 5.74) is 1.43. The maximum absolute atomic E-state index is 9.56. The molecule has 3 nitrogen and oxygen atoms in total. The average Bonchev–Trinajstić information content (AvgIpc) is 2.28. The zero-order valence-corrected chi connectivity index (χ0v) is 10.5. The normalized spacial score (nSPS) is 10.2. The Kier molecular flexibility index (Phi) is 4.84. The summed E-state index contributed by atoms with van der Waals surface area (Å²) in [4.78, 5) is 0. The number of hydrogen-bond acceptors (Lipinski definition) is 3. The molecule has 0 aliphatic carbocycles. The van der Waals surface area contributed by atoms with Crippen LogP contribution in [0.25, 0.3) is 12.2 Å². The van der Waals surface area contributed by atoms with E-state index < -0.39 is 0 Å². The van der Waals surface area contributed by atoms with Crippen LogP contribution in [0.2, 0.25) is 0 Å². The molecule has 0 bridgehead atoms. The predicted octanol–water partition coefficient (Wildman–Crippen LogP) is 2.97. The van der Waals surface area contributed by atoms with Crippen LogP contribution in [0.15, 0.2) is 42.5 Å². The fourth-order valence-corrected chi connectivity index (χ4v) is 1.49. The molecule has 4 heteroatoms. The Bertz CT molecular complexity index is 565. The van der Waals surface area contributed by atoms with E-state index in [1.165, 1.54) is 12.1 Å². The van der Waals surface area contributed by atoms with Gasteiger partial charge in [-0.3, -0.25) is 0 Å². The van der Waals surface area contributed by atoms with Gasteiger partial charge in [-0.2, -0.15) is 0 Å². The molecule has 2 rings (SSSR count). The molecule has 3 N–H and O–H groups in total. The van der Waals surface area contributed by atoms with E-state index in [2.05, 4.69) is 0 Å². The van der Waals surface area contributed by atoms with Crippen LogP contribution in [-0.4, -0.2) is 15.3 Å². The van der Waals surface area contributed by atoms with Crippen LogP contribution in [0, 0.1) is 0 Å². The first-order valence-corrected chi connectivity index (χ1v) is 5.14. The van der Waals surface area contributed by atoms with E-state index in [-0.39, 0.29) is 34.3 Å². The minimum Gasteiger partial charge on any atom is -0.508 e. The van der Waals surface area contributed by atoms with Gasteiger partial charge >= 0.3 is 0 Å². The number of aromatic hydroxyl groups is 3. The summed E-state index contributed by atoms with van der Waals surface area (Å²) < 4.78 is 0. The molecule has 0 aliphatic rings. The van der Waals surface area contributed by atoms with Crippen LogP contribution in [0.5, 0.6) is 17.2 Å². The van der Waals surface area contributed by atoms with Gasteiger partial charge in [-0.05, 0) is 29.8 Å². The summed E-state index contributed by atoms with van der Waals surface area (Å²) in [7, 11) is 0. The minimum atomic E-state index is 0. The Labute approximate surface area is 116 Å². The first-order chi connectivity index (χ1) is 8.15. The minimum absolute atomic E-state index is 0. The van der Waals surface area contributed by atoms with Crippen LogP contribution >= 0.6 is 0 Å². The third-order valence-electron chi connectivity index (χ3n) is 2.34. The third-order valence-corrected chi connectivity index (χ3v) is 2.34. The Morgan fingerprint density at radius 3 is 2.17 bits per heavy atom. The van der Waals surface area contributed by atoms with Crippen molar-refractivity contribution in [1.82, 2.24) is 0 Å². The van der Waals surface area contributed by atoms with Gasteiger partial charge in [0.15, 0.2) is 0 Å². The molecule has 0 spiro atoms. The Morgan fingerprint density at radius 1 is 0.778 bits per heavy atom. The van der Waals surface area contributed by atoms with Crippen molar-refractivity contribution < 1.29 is 32.4 Å². The molecule has 94 valence electrons. The Balaban J connectivity index is 0.00000162. The second-order valence-corrected chi connectivity index (χ2v) is 3.67. The molecule has 0 amide bonds. The van der Waals surface area contributed by atoms with Gasteiger partial charge in [-0.1, -0.05) is 24.3 Å². The van der Waals surface area contributed by atoms with Gasteiger partial charge in [-0.25, -0.2) is 0 Å². The van der Waals surface area contributed by atoms with Crippen LogP contribution in [0.3, 0.4) is 0 Å². The summed E-state index contributed by atoms with van der Waals surface area (Å²) in [5.74, 6) is 0.237. The maximum atomic E-state index is 9.56. The van der Waals surface area contributed by atoms with Gasteiger partial charge < -0.3 is 15.3 Å². The van der Waals surface area contributed by atoms with Crippen LogP contribution in [0.4, 0.5) is 0 Å². The first-order valence-electron chi connectivity index (χ1n) is 5.14. The number of benzene rings is 2. The van der Waals surface area contributed by atoms with E-state index in [9.17, 15) is 10.2 Å². The molecule has 0 fully saturated rings. The van der Waals surface area contributed by atoms with Crippen LogP contribution < -0.4 is 0 Å².